The molecule has 176 valence electrons. The highest BCUT2D eigenvalue weighted by molar-refractivity contribution is 7.94. The summed E-state index contributed by atoms with van der Waals surface area (Å²) < 4.78 is 28.4. The van der Waals surface area contributed by atoms with Crippen molar-refractivity contribution in [3.05, 3.63) is 89.0 Å². The van der Waals surface area contributed by atoms with Crippen molar-refractivity contribution >= 4 is 33.0 Å². The Morgan fingerprint density at radius 1 is 0.912 bits per heavy atom. The van der Waals surface area contributed by atoms with Crippen LogP contribution in [0.15, 0.2) is 71.6 Å². The summed E-state index contributed by atoms with van der Waals surface area (Å²) in [6.45, 7) is 5.50. The number of hydrogen-bond acceptors (Lipinski definition) is 5. The summed E-state index contributed by atoms with van der Waals surface area (Å²) in [6.07, 6.45) is -0.588. The summed E-state index contributed by atoms with van der Waals surface area (Å²) in [4.78, 5) is 24.4. The molecule has 0 aliphatic carbocycles. The minimum atomic E-state index is -4.36. The molecule has 0 bridgehead atoms. The molecule has 7 nitrogen and oxygen atoms in total. The Bertz CT molecular complexity index is 1350. The molecule has 0 spiro atoms. The van der Waals surface area contributed by atoms with E-state index < -0.39 is 32.9 Å². The van der Waals surface area contributed by atoms with Gasteiger partial charge in [0.2, 0.25) is 20.6 Å². The summed E-state index contributed by atoms with van der Waals surface area (Å²) in [5.41, 5.74) is 3.72. The van der Waals surface area contributed by atoms with E-state index in [1.165, 1.54) is 0 Å². The molecule has 1 unspecified atom stereocenters. The van der Waals surface area contributed by atoms with Crippen molar-refractivity contribution in [2.75, 3.05) is 10.6 Å². The Morgan fingerprint density at radius 3 is 2.15 bits per heavy atom. The first-order valence-electron chi connectivity index (χ1n) is 11.0. The fraction of sp³-hybridized carbons (Fsp3) is 0.231. The summed E-state index contributed by atoms with van der Waals surface area (Å²) in [6, 6.07) is 19.6. The lowest BCUT2D eigenvalue weighted by Crippen LogP contribution is -2.60. The molecule has 3 N–H and O–H groups in total. The van der Waals surface area contributed by atoms with Crippen molar-refractivity contribution < 1.29 is 18.0 Å². The van der Waals surface area contributed by atoms with Gasteiger partial charge in [0.05, 0.1) is 22.7 Å². The van der Waals surface area contributed by atoms with Crippen LogP contribution in [-0.2, 0) is 26.0 Å². The van der Waals surface area contributed by atoms with E-state index in [9.17, 15) is 18.0 Å². The van der Waals surface area contributed by atoms with Gasteiger partial charge >= 0.3 is 0 Å². The van der Waals surface area contributed by atoms with Gasteiger partial charge in [0.1, 0.15) is 0 Å². The molecule has 3 aromatic carbocycles. The topological polar surface area (TPSA) is 104 Å². The van der Waals surface area contributed by atoms with Crippen LogP contribution in [0, 0.1) is 20.8 Å². The molecule has 1 heterocycles. The first-order chi connectivity index (χ1) is 16.1. The van der Waals surface area contributed by atoms with Crippen LogP contribution in [0.3, 0.4) is 0 Å². The zero-order valence-electron chi connectivity index (χ0n) is 19.3. The minimum Gasteiger partial charge on any atom is -0.357 e. The molecule has 0 radical (unpaired) electrons. The Labute approximate surface area is 199 Å². The Balaban J connectivity index is 1.78. The summed E-state index contributed by atoms with van der Waals surface area (Å²) in [7, 11) is -4.36. The van der Waals surface area contributed by atoms with Crippen LogP contribution in [0.25, 0.3) is 0 Å². The van der Waals surface area contributed by atoms with Gasteiger partial charge in [0.25, 0.3) is 5.91 Å². The number of hydrogen-bond donors (Lipinski definition) is 3. The van der Waals surface area contributed by atoms with Crippen LogP contribution in [0.2, 0.25) is 0 Å². The normalized spacial score (nSPS) is 17.3. The van der Waals surface area contributed by atoms with Crippen molar-refractivity contribution in [1.82, 2.24) is 5.32 Å². The number of fused-ring (bicyclic) bond motifs is 1. The predicted molar refractivity (Wildman–Crippen MR) is 132 cm³/mol. The number of aryl methyl sites for hydroxylation is 3. The summed E-state index contributed by atoms with van der Waals surface area (Å²) in [5, 5.41) is 8.39. The number of anilines is 2. The van der Waals surface area contributed by atoms with Crippen LogP contribution in [0.1, 0.15) is 28.7 Å². The average molecular weight is 478 g/mol. The van der Waals surface area contributed by atoms with E-state index in [2.05, 4.69) is 16.0 Å². The smallest absolute Gasteiger partial charge is 0.266 e. The second-order valence-corrected chi connectivity index (χ2v) is 10.7. The maximum absolute atomic E-state index is 14.2. The molecule has 2 amide bonds. The number of amides is 2. The lowest BCUT2D eigenvalue weighted by molar-refractivity contribution is -0.126. The maximum atomic E-state index is 14.2. The molecule has 0 saturated carbocycles. The monoisotopic (exact) mass is 477 g/mol. The number of carbonyl (C=O) groups is 2. The first kappa shape index (κ1) is 23.5. The minimum absolute atomic E-state index is 0.0518. The second-order valence-electron chi connectivity index (χ2n) is 8.62. The van der Waals surface area contributed by atoms with Crippen molar-refractivity contribution in [2.45, 2.75) is 43.5 Å². The highest BCUT2D eigenvalue weighted by atomic mass is 32.2. The van der Waals surface area contributed by atoms with Gasteiger partial charge in [-0.25, -0.2) is 8.42 Å². The van der Waals surface area contributed by atoms with Crippen molar-refractivity contribution in [1.29, 1.82) is 0 Å². The van der Waals surface area contributed by atoms with Crippen molar-refractivity contribution in [2.24, 2.45) is 0 Å². The van der Waals surface area contributed by atoms with E-state index in [0.29, 0.717) is 22.5 Å². The third-order valence-electron chi connectivity index (χ3n) is 5.95. The molecule has 0 aromatic heterocycles. The molecule has 3 aromatic rings. The Kier molecular flexibility index (Phi) is 6.18. The third-order valence-corrected chi connectivity index (χ3v) is 8.48. The van der Waals surface area contributed by atoms with E-state index in [1.54, 1.807) is 50.2 Å². The molecular weight excluding hydrogens is 450 g/mol. The molecule has 4 rings (SSSR count). The van der Waals surface area contributed by atoms with Crippen LogP contribution >= 0.6 is 0 Å². The average Bonchev–Trinajstić information content (AvgIpc) is 2.78. The fourth-order valence-electron chi connectivity index (χ4n) is 4.46. The van der Waals surface area contributed by atoms with Gasteiger partial charge in [0, 0.05) is 6.54 Å². The largest absolute Gasteiger partial charge is 0.357 e. The van der Waals surface area contributed by atoms with Gasteiger partial charge in [-0.3, -0.25) is 9.59 Å². The molecule has 34 heavy (non-hydrogen) atoms. The quantitative estimate of drug-likeness (QED) is 0.500. The summed E-state index contributed by atoms with van der Waals surface area (Å²) >= 11 is 0. The molecular formula is C26H27N3O4S. The lowest BCUT2D eigenvalue weighted by Gasteiger charge is -2.38. The molecule has 1 aliphatic rings. The van der Waals surface area contributed by atoms with E-state index in [1.807, 2.05) is 37.3 Å². The van der Waals surface area contributed by atoms with Gasteiger partial charge < -0.3 is 16.0 Å². The number of carbonyl (C=O) groups excluding carboxylic acids is 2. The van der Waals surface area contributed by atoms with Crippen molar-refractivity contribution in [3.8, 4) is 0 Å². The molecule has 1 aliphatic heterocycles. The number of rotatable bonds is 6. The standard InChI is InChI=1S/C26H27N3O4S/c1-17-13-18(2)24(19(3)14-17)34(32,33)26(15-23(30)27-16-20-9-5-4-6-10-20)25(31)28-21-11-7-8-12-22(21)29-26/h4-14,29H,15-16H2,1-3H3,(H,27,30)(H,28,31). The molecule has 1 atom stereocenters. The second kappa shape index (κ2) is 8.95. The van der Waals surface area contributed by atoms with Gasteiger partial charge in [-0.1, -0.05) is 60.2 Å². The SMILES string of the molecule is Cc1cc(C)c(S(=O)(=O)C2(CC(=O)NCc3ccccc3)Nc3ccccc3NC2=O)c(C)c1. The van der Waals surface area contributed by atoms with E-state index in [-0.39, 0.29) is 11.4 Å². The third kappa shape index (κ3) is 4.17. The van der Waals surface area contributed by atoms with Gasteiger partial charge in [-0.2, -0.15) is 0 Å². The van der Waals surface area contributed by atoms with Crippen molar-refractivity contribution in [3.63, 3.8) is 0 Å². The maximum Gasteiger partial charge on any atom is 0.266 e. The molecule has 0 saturated heterocycles. The van der Waals surface area contributed by atoms with Crippen LogP contribution in [0.4, 0.5) is 11.4 Å². The molecule has 8 heteroatoms. The number of para-hydroxylation sites is 2. The predicted octanol–water partition coefficient (Wildman–Crippen LogP) is 3.85. The van der Waals surface area contributed by atoms with Gasteiger partial charge in [-0.15, -0.1) is 0 Å². The highest BCUT2D eigenvalue weighted by Gasteiger charge is 2.56. The summed E-state index contributed by atoms with van der Waals surface area (Å²) in [5.74, 6) is -1.35. The number of nitrogens with one attached hydrogen (secondary N) is 3. The van der Waals surface area contributed by atoms with E-state index >= 15 is 0 Å². The Morgan fingerprint density at radius 2 is 1.50 bits per heavy atom. The van der Waals surface area contributed by atoms with Gasteiger partial charge in [0.15, 0.2) is 0 Å². The zero-order valence-corrected chi connectivity index (χ0v) is 20.1. The zero-order chi connectivity index (χ0) is 24.5. The van der Waals surface area contributed by atoms with Gasteiger partial charge in [-0.05, 0) is 49.6 Å². The number of sulfone groups is 1. The fourth-order valence-corrected chi connectivity index (χ4v) is 6.63. The molecule has 0 fully saturated rings. The highest BCUT2D eigenvalue weighted by Crippen LogP contribution is 2.40. The van der Waals surface area contributed by atoms with E-state index in [4.69, 9.17) is 0 Å². The lowest BCUT2D eigenvalue weighted by atomic mass is 10.1. The van der Waals surface area contributed by atoms with Crippen LogP contribution < -0.4 is 16.0 Å². The van der Waals surface area contributed by atoms with Crippen LogP contribution in [-0.4, -0.2) is 25.1 Å². The van der Waals surface area contributed by atoms with Crippen LogP contribution in [0.5, 0.6) is 0 Å². The van der Waals surface area contributed by atoms with E-state index in [0.717, 1.165) is 11.1 Å². The Hall–Kier alpha value is -3.65. The number of benzene rings is 3. The first-order valence-corrected chi connectivity index (χ1v) is 12.4.